The lowest BCUT2D eigenvalue weighted by molar-refractivity contribution is -0.123. The highest BCUT2D eigenvalue weighted by Crippen LogP contribution is 1.99. The molecule has 1 rings (SSSR count). The molecule has 1 aliphatic heterocycles. The summed E-state index contributed by atoms with van der Waals surface area (Å²) >= 11 is 0. The third-order valence-corrected chi connectivity index (χ3v) is 4.03. The summed E-state index contributed by atoms with van der Waals surface area (Å²) in [6.07, 6.45) is 4.72. The van der Waals surface area contributed by atoms with Gasteiger partial charge in [0.05, 0.1) is 0 Å². The Hall–Kier alpha value is -1.63. The molecule has 1 aliphatic rings. The summed E-state index contributed by atoms with van der Waals surface area (Å²) in [5, 5.41) is 0. The van der Waals surface area contributed by atoms with E-state index >= 15 is 0 Å². The van der Waals surface area contributed by atoms with E-state index in [-0.39, 0.29) is 0 Å². The quantitative estimate of drug-likeness (QED) is 0.619. The van der Waals surface area contributed by atoms with Crippen molar-refractivity contribution in [1.82, 2.24) is 19.6 Å². The smallest absolute Gasteiger partial charge is 0.209 e. The van der Waals surface area contributed by atoms with Crippen LogP contribution in [0.15, 0.2) is 0 Å². The summed E-state index contributed by atoms with van der Waals surface area (Å²) in [6.45, 7) is 8.11. The first kappa shape index (κ1) is 18.4. The minimum atomic E-state index is 0.504. The Morgan fingerprint density at radius 2 is 1.05 bits per heavy atom. The zero-order valence-electron chi connectivity index (χ0n) is 13.5. The van der Waals surface area contributed by atoms with E-state index in [2.05, 4.69) is 11.8 Å². The average molecular weight is 312 g/mol. The fourth-order valence-electron chi connectivity index (χ4n) is 2.42. The molecular weight excluding hydrogens is 284 g/mol. The summed E-state index contributed by atoms with van der Waals surface area (Å²) in [5.74, 6) is 0. The van der Waals surface area contributed by atoms with Gasteiger partial charge < -0.3 is 14.7 Å². The van der Waals surface area contributed by atoms with Crippen LogP contribution in [-0.2, 0) is 14.4 Å². The minimum absolute atomic E-state index is 0.504. The highest BCUT2D eigenvalue weighted by Gasteiger charge is 2.13. The number of rotatable bonds is 6. The van der Waals surface area contributed by atoms with E-state index in [4.69, 9.17) is 0 Å². The fourth-order valence-corrected chi connectivity index (χ4v) is 2.42. The number of unbranched alkanes of at least 4 members (excludes halogenated alkanes) is 1. The van der Waals surface area contributed by atoms with Crippen LogP contribution in [0.3, 0.4) is 0 Å². The molecular formula is C15H28N4O3. The fraction of sp³-hybridized carbons (Fsp3) is 0.800. The first-order chi connectivity index (χ1) is 10.7. The molecule has 0 atom stereocenters. The van der Waals surface area contributed by atoms with E-state index < -0.39 is 0 Å². The average Bonchev–Trinajstić information content (AvgIpc) is 2.54. The monoisotopic (exact) mass is 312 g/mol. The van der Waals surface area contributed by atoms with Gasteiger partial charge in [-0.05, 0) is 13.0 Å². The Labute approximate surface area is 132 Å². The minimum Gasteiger partial charge on any atom is -0.342 e. The maximum atomic E-state index is 11.1. The summed E-state index contributed by atoms with van der Waals surface area (Å²) in [5.41, 5.74) is 0. The van der Waals surface area contributed by atoms with E-state index in [0.29, 0.717) is 39.3 Å². The topological polar surface area (TPSA) is 64.2 Å². The first-order valence-corrected chi connectivity index (χ1v) is 8.03. The predicted molar refractivity (Wildman–Crippen MR) is 84.3 cm³/mol. The van der Waals surface area contributed by atoms with Crippen LogP contribution >= 0.6 is 0 Å². The maximum Gasteiger partial charge on any atom is 0.209 e. The number of hydrogen-bond acceptors (Lipinski definition) is 4. The van der Waals surface area contributed by atoms with Crippen LogP contribution in [0.5, 0.6) is 0 Å². The van der Waals surface area contributed by atoms with Crippen LogP contribution in [0.2, 0.25) is 0 Å². The van der Waals surface area contributed by atoms with Crippen LogP contribution in [0.1, 0.15) is 19.8 Å². The van der Waals surface area contributed by atoms with E-state index in [1.54, 1.807) is 14.7 Å². The molecule has 0 unspecified atom stereocenters. The van der Waals surface area contributed by atoms with E-state index in [0.717, 1.165) is 51.7 Å². The molecule has 0 spiro atoms. The second-order valence-electron chi connectivity index (χ2n) is 5.62. The van der Waals surface area contributed by atoms with Crippen LogP contribution in [0, 0.1) is 0 Å². The molecule has 0 bridgehead atoms. The van der Waals surface area contributed by atoms with Crippen molar-refractivity contribution in [3.8, 4) is 0 Å². The van der Waals surface area contributed by atoms with Crippen molar-refractivity contribution in [2.45, 2.75) is 19.8 Å². The molecule has 7 nitrogen and oxygen atoms in total. The molecule has 1 fully saturated rings. The van der Waals surface area contributed by atoms with Crippen molar-refractivity contribution in [3.63, 3.8) is 0 Å². The second kappa shape index (κ2) is 11.0. The highest BCUT2D eigenvalue weighted by atomic mass is 16.1. The molecule has 3 amide bonds. The number of carbonyl (C=O) groups is 3. The van der Waals surface area contributed by atoms with Crippen LogP contribution < -0.4 is 0 Å². The van der Waals surface area contributed by atoms with Crippen LogP contribution in [0.4, 0.5) is 0 Å². The largest absolute Gasteiger partial charge is 0.342 e. The standard InChI is InChI=1S/C15H28N4O3/c1-2-3-4-16-5-7-17(13-20)9-11-19(15-22)12-10-18(14-21)8-6-16/h13-15H,2-12H2,1H3. The molecule has 0 N–H and O–H groups in total. The van der Waals surface area contributed by atoms with Gasteiger partial charge in [0, 0.05) is 52.4 Å². The molecule has 7 heteroatoms. The van der Waals surface area contributed by atoms with Crippen molar-refractivity contribution in [2.24, 2.45) is 0 Å². The van der Waals surface area contributed by atoms with Gasteiger partial charge >= 0.3 is 0 Å². The molecule has 0 aromatic heterocycles. The number of nitrogens with zero attached hydrogens (tertiary/aromatic N) is 4. The number of carbonyl (C=O) groups excluding carboxylic acids is 3. The lowest BCUT2D eigenvalue weighted by Crippen LogP contribution is -2.45. The Balaban J connectivity index is 2.66. The van der Waals surface area contributed by atoms with Crippen molar-refractivity contribution < 1.29 is 14.4 Å². The van der Waals surface area contributed by atoms with Gasteiger partial charge in [0.15, 0.2) is 0 Å². The zero-order chi connectivity index (χ0) is 16.2. The zero-order valence-corrected chi connectivity index (χ0v) is 13.5. The van der Waals surface area contributed by atoms with Gasteiger partial charge in [-0.3, -0.25) is 19.3 Å². The van der Waals surface area contributed by atoms with Gasteiger partial charge in [-0.25, -0.2) is 0 Å². The second-order valence-corrected chi connectivity index (χ2v) is 5.62. The normalized spacial score (nSPS) is 19.2. The summed E-state index contributed by atoms with van der Waals surface area (Å²) in [4.78, 5) is 40.7. The van der Waals surface area contributed by atoms with Gasteiger partial charge in [0.2, 0.25) is 19.2 Å². The maximum absolute atomic E-state index is 11.1. The lowest BCUT2D eigenvalue weighted by atomic mass is 10.3. The van der Waals surface area contributed by atoms with E-state index in [1.165, 1.54) is 0 Å². The summed E-state index contributed by atoms with van der Waals surface area (Å²) in [6, 6.07) is 0. The number of amides is 3. The van der Waals surface area contributed by atoms with Crippen LogP contribution in [0.25, 0.3) is 0 Å². The van der Waals surface area contributed by atoms with Gasteiger partial charge in [0.25, 0.3) is 0 Å². The van der Waals surface area contributed by atoms with Gasteiger partial charge in [0.1, 0.15) is 0 Å². The highest BCUT2D eigenvalue weighted by molar-refractivity contribution is 5.49. The molecule has 126 valence electrons. The van der Waals surface area contributed by atoms with Gasteiger partial charge in [-0.1, -0.05) is 13.3 Å². The van der Waals surface area contributed by atoms with E-state index in [1.807, 2.05) is 0 Å². The molecule has 22 heavy (non-hydrogen) atoms. The van der Waals surface area contributed by atoms with Crippen molar-refractivity contribution in [1.29, 1.82) is 0 Å². The first-order valence-electron chi connectivity index (χ1n) is 8.03. The lowest BCUT2D eigenvalue weighted by Gasteiger charge is -2.31. The third-order valence-electron chi connectivity index (χ3n) is 4.03. The Morgan fingerprint density at radius 1 is 0.682 bits per heavy atom. The third kappa shape index (κ3) is 6.89. The molecule has 1 heterocycles. The van der Waals surface area contributed by atoms with Crippen LogP contribution in [-0.4, -0.2) is 97.7 Å². The Kier molecular flexibility index (Phi) is 9.21. The predicted octanol–water partition coefficient (Wildman–Crippen LogP) is -0.523. The molecule has 0 radical (unpaired) electrons. The molecule has 0 aliphatic carbocycles. The molecule has 0 aromatic rings. The van der Waals surface area contributed by atoms with Crippen molar-refractivity contribution >= 4 is 19.2 Å². The SMILES string of the molecule is CCCCN1CCN(C=O)CCN(C=O)CCN(C=O)CC1. The number of hydrogen-bond donors (Lipinski definition) is 0. The molecule has 1 saturated heterocycles. The Bertz CT molecular complexity index is 317. The van der Waals surface area contributed by atoms with E-state index in [9.17, 15) is 14.4 Å². The summed E-state index contributed by atoms with van der Waals surface area (Å²) in [7, 11) is 0. The van der Waals surface area contributed by atoms with Crippen molar-refractivity contribution in [2.75, 3.05) is 58.9 Å². The molecule has 0 aromatic carbocycles. The van der Waals surface area contributed by atoms with Gasteiger partial charge in [-0.15, -0.1) is 0 Å². The van der Waals surface area contributed by atoms with Gasteiger partial charge in [-0.2, -0.15) is 0 Å². The van der Waals surface area contributed by atoms with Crippen molar-refractivity contribution in [3.05, 3.63) is 0 Å². The molecule has 0 saturated carbocycles. The summed E-state index contributed by atoms with van der Waals surface area (Å²) < 4.78 is 0. The Morgan fingerprint density at radius 3 is 1.36 bits per heavy atom.